The largest absolute Gasteiger partial charge is 0.389 e. The summed E-state index contributed by atoms with van der Waals surface area (Å²) in [6.45, 7) is 2.19. The van der Waals surface area contributed by atoms with Crippen LogP contribution in [0.3, 0.4) is 0 Å². The van der Waals surface area contributed by atoms with Crippen LogP contribution in [0.4, 0.5) is 5.69 Å². The first kappa shape index (κ1) is 12.3. The smallest absolute Gasteiger partial charge is 0.269 e. The van der Waals surface area contributed by atoms with E-state index in [0.717, 1.165) is 11.1 Å². The second-order valence-electron chi connectivity index (χ2n) is 4.07. The quantitative estimate of drug-likeness (QED) is 0.660. The number of hydrogen-bond acceptors (Lipinski definition) is 4. The van der Waals surface area contributed by atoms with Gasteiger partial charge in [-0.05, 0) is 12.5 Å². The Labute approximate surface area is 104 Å². The van der Waals surface area contributed by atoms with Gasteiger partial charge in [0.05, 0.1) is 23.8 Å². The minimum Gasteiger partial charge on any atom is -0.389 e. The summed E-state index contributed by atoms with van der Waals surface area (Å²) in [7, 11) is 0. The zero-order valence-corrected chi connectivity index (χ0v) is 9.85. The molecule has 2 aromatic rings. The zero-order valence-electron chi connectivity index (χ0n) is 9.85. The van der Waals surface area contributed by atoms with Crippen molar-refractivity contribution in [2.75, 3.05) is 0 Å². The van der Waals surface area contributed by atoms with Crippen molar-refractivity contribution >= 4 is 5.69 Å². The van der Waals surface area contributed by atoms with Gasteiger partial charge in [0.2, 0.25) is 0 Å². The monoisotopic (exact) mass is 247 g/mol. The topological polar surface area (TPSA) is 81.2 Å². The lowest BCUT2D eigenvalue weighted by Crippen LogP contribution is -2.00. The number of nitro groups is 1. The second kappa shape index (κ2) is 4.97. The number of aromatic nitrogens is 2. The highest BCUT2D eigenvalue weighted by molar-refractivity contribution is 5.32. The molecule has 2 rings (SSSR count). The Balaban J connectivity index is 2.10. The molecule has 1 unspecified atom stereocenters. The summed E-state index contributed by atoms with van der Waals surface area (Å²) >= 11 is 0. The molecule has 1 aromatic heterocycles. The molecular formula is C12H13N3O3. The number of rotatable bonds is 4. The van der Waals surface area contributed by atoms with Crippen molar-refractivity contribution in [3.05, 3.63) is 57.9 Å². The van der Waals surface area contributed by atoms with E-state index in [1.54, 1.807) is 36.1 Å². The third-order valence-electron chi connectivity index (χ3n) is 2.63. The Hall–Kier alpha value is -2.21. The third-order valence-corrected chi connectivity index (χ3v) is 2.63. The maximum atomic E-state index is 10.5. The van der Waals surface area contributed by atoms with Crippen LogP contribution in [0.5, 0.6) is 0 Å². The molecule has 0 saturated carbocycles. The molecule has 0 bridgehead atoms. The van der Waals surface area contributed by atoms with E-state index in [1.807, 2.05) is 0 Å². The van der Waals surface area contributed by atoms with E-state index in [9.17, 15) is 15.2 Å². The van der Waals surface area contributed by atoms with Gasteiger partial charge in [-0.15, -0.1) is 0 Å². The highest BCUT2D eigenvalue weighted by Gasteiger charge is 2.06. The van der Waals surface area contributed by atoms with Gasteiger partial charge in [0.1, 0.15) is 0 Å². The third kappa shape index (κ3) is 2.72. The van der Waals surface area contributed by atoms with Crippen LogP contribution in [0.1, 0.15) is 24.2 Å². The molecule has 0 aliphatic carbocycles. The van der Waals surface area contributed by atoms with Crippen molar-refractivity contribution in [1.29, 1.82) is 0 Å². The van der Waals surface area contributed by atoms with Crippen LogP contribution in [0.25, 0.3) is 0 Å². The standard InChI is InChI=1S/C12H13N3O3/c1-9(16)11-6-13-14(8-11)7-10-2-4-12(5-3-10)15(17)18/h2-6,8-9,16H,7H2,1H3. The van der Waals surface area contributed by atoms with Crippen LogP contribution in [-0.4, -0.2) is 19.8 Å². The molecule has 94 valence electrons. The van der Waals surface area contributed by atoms with E-state index in [1.165, 1.54) is 12.1 Å². The molecule has 0 aliphatic heterocycles. The Morgan fingerprint density at radius 2 is 2.11 bits per heavy atom. The highest BCUT2D eigenvalue weighted by Crippen LogP contribution is 2.14. The lowest BCUT2D eigenvalue weighted by molar-refractivity contribution is -0.384. The van der Waals surface area contributed by atoms with Crippen LogP contribution in [0, 0.1) is 10.1 Å². The molecular weight excluding hydrogens is 234 g/mol. The SMILES string of the molecule is CC(O)c1cnn(Cc2ccc([N+](=O)[O-])cc2)c1. The fourth-order valence-corrected chi connectivity index (χ4v) is 1.59. The van der Waals surface area contributed by atoms with Crippen LogP contribution in [0.2, 0.25) is 0 Å². The number of non-ortho nitro benzene ring substituents is 1. The summed E-state index contributed by atoms with van der Waals surface area (Å²) in [5.74, 6) is 0. The van der Waals surface area contributed by atoms with E-state index in [-0.39, 0.29) is 5.69 Å². The molecule has 1 aromatic carbocycles. The Kier molecular flexibility index (Phi) is 3.38. The van der Waals surface area contributed by atoms with Crippen molar-refractivity contribution in [1.82, 2.24) is 9.78 Å². The fourth-order valence-electron chi connectivity index (χ4n) is 1.59. The van der Waals surface area contributed by atoms with Gasteiger partial charge in [0, 0.05) is 23.9 Å². The molecule has 6 heteroatoms. The van der Waals surface area contributed by atoms with Gasteiger partial charge in [-0.2, -0.15) is 5.10 Å². The second-order valence-corrected chi connectivity index (χ2v) is 4.07. The lowest BCUT2D eigenvalue weighted by Gasteiger charge is -2.02. The minimum absolute atomic E-state index is 0.0730. The van der Waals surface area contributed by atoms with Crippen LogP contribution in [-0.2, 0) is 6.54 Å². The van der Waals surface area contributed by atoms with Crippen molar-refractivity contribution < 1.29 is 10.0 Å². The Morgan fingerprint density at radius 3 is 2.61 bits per heavy atom. The number of hydrogen-bond donors (Lipinski definition) is 1. The van der Waals surface area contributed by atoms with Gasteiger partial charge in [-0.25, -0.2) is 0 Å². The predicted molar refractivity (Wildman–Crippen MR) is 65.1 cm³/mol. The van der Waals surface area contributed by atoms with Gasteiger partial charge in [0.25, 0.3) is 5.69 Å². The maximum absolute atomic E-state index is 10.5. The average molecular weight is 247 g/mol. The molecule has 0 amide bonds. The number of benzene rings is 1. The van der Waals surface area contributed by atoms with Gasteiger partial charge >= 0.3 is 0 Å². The van der Waals surface area contributed by atoms with Crippen LogP contribution >= 0.6 is 0 Å². The Morgan fingerprint density at radius 1 is 1.44 bits per heavy atom. The van der Waals surface area contributed by atoms with Gasteiger partial charge in [-0.1, -0.05) is 12.1 Å². The van der Waals surface area contributed by atoms with E-state index in [0.29, 0.717) is 6.54 Å². The molecule has 1 atom stereocenters. The van der Waals surface area contributed by atoms with E-state index >= 15 is 0 Å². The first-order valence-corrected chi connectivity index (χ1v) is 5.50. The molecule has 0 aliphatic rings. The minimum atomic E-state index is -0.546. The van der Waals surface area contributed by atoms with E-state index in [4.69, 9.17) is 0 Å². The van der Waals surface area contributed by atoms with Crippen molar-refractivity contribution in [3.8, 4) is 0 Å². The normalized spacial score (nSPS) is 12.3. The first-order valence-electron chi connectivity index (χ1n) is 5.50. The van der Waals surface area contributed by atoms with Crippen LogP contribution < -0.4 is 0 Å². The summed E-state index contributed by atoms with van der Waals surface area (Å²) in [5, 5.41) is 24.0. The molecule has 18 heavy (non-hydrogen) atoms. The average Bonchev–Trinajstić information content (AvgIpc) is 2.78. The lowest BCUT2D eigenvalue weighted by atomic mass is 10.2. The molecule has 0 saturated heterocycles. The first-order chi connectivity index (χ1) is 8.56. The predicted octanol–water partition coefficient (Wildman–Crippen LogP) is 1.89. The van der Waals surface area contributed by atoms with E-state index < -0.39 is 11.0 Å². The summed E-state index contributed by atoms with van der Waals surface area (Å²) < 4.78 is 1.68. The zero-order chi connectivity index (χ0) is 13.1. The van der Waals surface area contributed by atoms with E-state index in [2.05, 4.69) is 5.10 Å². The molecule has 1 heterocycles. The van der Waals surface area contributed by atoms with Gasteiger partial charge in [-0.3, -0.25) is 14.8 Å². The summed E-state index contributed by atoms with van der Waals surface area (Å²) in [5.41, 5.74) is 1.74. The number of nitrogens with zero attached hydrogens (tertiary/aromatic N) is 3. The van der Waals surface area contributed by atoms with Crippen molar-refractivity contribution in [3.63, 3.8) is 0 Å². The van der Waals surface area contributed by atoms with Gasteiger partial charge in [0.15, 0.2) is 0 Å². The number of aliphatic hydroxyl groups excluding tert-OH is 1. The summed E-state index contributed by atoms with van der Waals surface area (Å²) in [4.78, 5) is 10.1. The molecule has 0 spiro atoms. The van der Waals surface area contributed by atoms with Gasteiger partial charge < -0.3 is 5.11 Å². The van der Waals surface area contributed by atoms with Crippen molar-refractivity contribution in [2.24, 2.45) is 0 Å². The molecule has 0 radical (unpaired) electrons. The highest BCUT2D eigenvalue weighted by atomic mass is 16.6. The van der Waals surface area contributed by atoms with Crippen molar-refractivity contribution in [2.45, 2.75) is 19.6 Å². The molecule has 0 fully saturated rings. The molecule has 1 N–H and O–H groups in total. The number of nitro benzene ring substituents is 1. The number of aliphatic hydroxyl groups is 1. The molecule has 6 nitrogen and oxygen atoms in total. The summed E-state index contributed by atoms with van der Waals surface area (Å²) in [6, 6.07) is 6.33. The maximum Gasteiger partial charge on any atom is 0.269 e. The Bertz CT molecular complexity index is 546. The fraction of sp³-hybridized carbons (Fsp3) is 0.250. The van der Waals surface area contributed by atoms with Crippen LogP contribution in [0.15, 0.2) is 36.7 Å². The summed E-state index contributed by atoms with van der Waals surface area (Å²) in [6.07, 6.45) is 2.82.